The number of carbonyl (C=O) groups excluding carboxylic acids is 2. The molecule has 0 aliphatic rings. The van der Waals surface area contributed by atoms with Crippen LogP contribution in [0.25, 0.3) is 9.40 Å². The van der Waals surface area contributed by atoms with Gasteiger partial charge in [0.25, 0.3) is 0 Å². The van der Waals surface area contributed by atoms with Gasteiger partial charge >= 0.3 is 11.9 Å². The smallest absolute Gasteiger partial charge is 0.348 e. The van der Waals surface area contributed by atoms with Crippen LogP contribution < -0.4 is 0 Å². The Hall–Kier alpha value is -1.40. The van der Waals surface area contributed by atoms with Crippen LogP contribution >= 0.6 is 22.7 Å². The summed E-state index contributed by atoms with van der Waals surface area (Å²) in [5.74, 6) is -0.542. The first-order valence-corrected chi connectivity index (χ1v) is 9.13. The van der Waals surface area contributed by atoms with Crippen LogP contribution in [0.1, 0.15) is 58.2 Å². The fourth-order valence-electron chi connectivity index (χ4n) is 2.48. The minimum Gasteiger partial charge on any atom is -0.462 e. The number of aryl methyl sites for hydroxylation is 2. The number of carbonyl (C=O) groups is 2. The van der Waals surface area contributed by atoms with E-state index in [0.29, 0.717) is 23.0 Å². The zero-order chi connectivity index (χ0) is 16.3. The van der Waals surface area contributed by atoms with E-state index < -0.39 is 0 Å². The van der Waals surface area contributed by atoms with Crippen molar-refractivity contribution in [2.24, 2.45) is 0 Å². The molecule has 0 spiro atoms. The van der Waals surface area contributed by atoms with Gasteiger partial charge in [-0.25, -0.2) is 9.59 Å². The third kappa shape index (κ3) is 2.90. The third-order valence-corrected chi connectivity index (χ3v) is 5.89. The van der Waals surface area contributed by atoms with Gasteiger partial charge in [0.05, 0.1) is 17.2 Å². The molecule has 0 fully saturated rings. The van der Waals surface area contributed by atoms with Crippen LogP contribution in [0.5, 0.6) is 0 Å². The van der Waals surface area contributed by atoms with Gasteiger partial charge in [-0.1, -0.05) is 13.8 Å². The van der Waals surface area contributed by atoms with Gasteiger partial charge in [0.2, 0.25) is 0 Å². The van der Waals surface area contributed by atoms with E-state index in [2.05, 4.69) is 0 Å². The van der Waals surface area contributed by atoms with Crippen molar-refractivity contribution >= 4 is 44.0 Å². The van der Waals surface area contributed by atoms with Crippen molar-refractivity contribution in [2.75, 3.05) is 13.2 Å². The topological polar surface area (TPSA) is 52.6 Å². The first-order chi connectivity index (χ1) is 10.6. The van der Waals surface area contributed by atoms with E-state index in [1.165, 1.54) is 22.7 Å². The van der Waals surface area contributed by atoms with Gasteiger partial charge in [0.1, 0.15) is 9.75 Å². The zero-order valence-electron chi connectivity index (χ0n) is 13.3. The molecule has 0 saturated carbocycles. The molecular formula is C16H20O4S2. The standard InChI is InChI=1S/C16H20O4S2/c1-5-9-11-10(6-2)13(15(18)20-8-4)22-16(11)21-12(9)14(17)19-7-3/h5-8H2,1-4H3. The summed E-state index contributed by atoms with van der Waals surface area (Å²) in [5.41, 5.74) is 1.98. The summed E-state index contributed by atoms with van der Waals surface area (Å²) in [6, 6.07) is 0. The molecule has 120 valence electrons. The van der Waals surface area contributed by atoms with Crippen LogP contribution in [0.3, 0.4) is 0 Å². The van der Waals surface area contributed by atoms with E-state index in [1.54, 1.807) is 13.8 Å². The Morgan fingerprint density at radius 1 is 0.818 bits per heavy atom. The molecule has 0 aliphatic heterocycles. The molecule has 0 atom stereocenters. The molecule has 2 aromatic rings. The number of thiophene rings is 2. The van der Waals surface area contributed by atoms with Crippen molar-refractivity contribution in [1.82, 2.24) is 0 Å². The fraction of sp³-hybridized carbons (Fsp3) is 0.500. The highest BCUT2D eigenvalue weighted by atomic mass is 32.2. The molecule has 2 rings (SSSR count). The van der Waals surface area contributed by atoms with E-state index in [0.717, 1.165) is 33.4 Å². The number of hydrogen-bond donors (Lipinski definition) is 0. The SMILES string of the molecule is CCOC(=O)c1sc2sc(C(=O)OCC)c(CC)c2c1CC. The van der Waals surface area contributed by atoms with Crippen LogP contribution in [0, 0.1) is 0 Å². The van der Waals surface area contributed by atoms with Crippen molar-refractivity contribution in [1.29, 1.82) is 0 Å². The lowest BCUT2D eigenvalue weighted by molar-refractivity contribution is 0.0522. The maximum absolute atomic E-state index is 12.1. The van der Waals surface area contributed by atoms with Gasteiger partial charge in [-0.3, -0.25) is 0 Å². The Labute approximate surface area is 138 Å². The summed E-state index contributed by atoms with van der Waals surface area (Å²) in [5, 5.41) is 1.05. The van der Waals surface area contributed by atoms with Crippen LogP contribution in [0.2, 0.25) is 0 Å². The normalized spacial score (nSPS) is 10.9. The van der Waals surface area contributed by atoms with Gasteiger partial charge in [-0.05, 0) is 37.8 Å². The number of esters is 2. The maximum Gasteiger partial charge on any atom is 0.348 e. The molecular weight excluding hydrogens is 320 g/mol. The second-order valence-corrected chi connectivity index (χ2v) is 6.93. The van der Waals surface area contributed by atoms with Gasteiger partial charge in [-0.15, -0.1) is 22.7 Å². The minimum absolute atomic E-state index is 0.271. The van der Waals surface area contributed by atoms with Crippen molar-refractivity contribution < 1.29 is 19.1 Å². The monoisotopic (exact) mass is 340 g/mol. The molecule has 6 heteroatoms. The molecule has 0 aromatic carbocycles. The third-order valence-electron chi connectivity index (χ3n) is 3.37. The van der Waals surface area contributed by atoms with Gasteiger partial charge < -0.3 is 9.47 Å². The van der Waals surface area contributed by atoms with Crippen LogP contribution in [0.4, 0.5) is 0 Å². The van der Waals surface area contributed by atoms with Crippen molar-refractivity contribution in [2.45, 2.75) is 40.5 Å². The highest BCUT2D eigenvalue weighted by Gasteiger charge is 2.26. The summed E-state index contributed by atoms with van der Waals surface area (Å²) < 4.78 is 11.3. The quantitative estimate of drug-likeness (QED) is 0.730. The lowest BCUT2D eigenvalue weighted by atomic mass is 10.0. The lowest BCUT2D eigenvalue weighted by Crippen LogP contribution is -2.06. The van der Waals surface area contributed by atoms with Crippen LogP contribution in [0.15, 0.2) is 0 Å². The Morgan fingerprint density at radius 2 is 1.23 bits per heavy atom. The van der Waals surface area contributed by atoms with E-state index in [-0.39, 0.29) is 11.9 Å². The molecule has 2 heterocycles. The molecule has 22 heavy (non-hydrogen) atoms. The van der Waals surface area contributed by atoms with Crippen molar-refractivity contribution in [3.8, 4) is 0 Å². The Morgan fingerprint density at radius 3 is 1.55 bits per heavy atom. The van der Waals surface area contributed by atoms with Crippen LogP contribution in [-0.4, -0.2) is 25.2 Å². The van der Waals surface area contributed by atoms with Gasteiger partial charge in [-0.2, -0.15) is 0 Å². The first kappa shape index (κ1) is 17.0. The largest absolute Gasteiger partial charge is 0.462 e. The number of hydrogen-bond acceptors (Lipinski definition) is 6. The van der Waals surface area contributed by atoms with Crippen LogP contribution in [-0.2, 0) is 22.3 Å². The molecule has 0 radical (unpaired) electrons. The molecule has 0 amide bonds. The zero-order valence-corrected chi connectivity index (χ0v) is 14.9. The summed E-state index contributed by atoms with van der Waals surface area (Å²) in [4.78, 5) is 25.6. The van der Waals surface area contributed by atoms with E-state index in [9.17, 15) is 9.59 Å². The van der Waals surface area contributed by atoms with E-state index >= 15 is 0 Å². The van der Waals surface area contributed by atoms with Crippen molar-refractivity contribution in [3.05, 3.63) is 20.9 Å². The van der Waals surface area contributed by atoms with E-state index in [1.807, 2.05) is 13.8 Å². The van der Waals surface area contributed by atoms with Crippen molar-refractivity contribution in [3.63, 3.8) is 0 Å². The Kier molecular flexibility index (Phi) is 5.58. The molecule has 0 unspecified atom stereocenters. The number of fused-ring (bicyclic) bond motifs is 1. The minimum atomic E-state index is -0.271. The molecule has 0 aliphatic carbocycles. The van der Waals surface area contributed by atoms with Gasteiger partial charge in [0, 0.05) is 5.39 Å². The Bertz CT molecular complexity index is 641. The maximum atomic E-state index is 12.1. The summed E-state index contributed by atoms with van der Waals surface area (Å²) in [6.45, 7) is 8.37. The second-order valence-electron chi connectivity index (χ2n) is 4.63. The van der Waals surface area contributed by atoms with E-state index in [4.69, 9.17) is 9.47 Å². The predicted octanol–water partition coefficient (Wildman–Crippen LogP) is 4.44. The highest BCUT2D eigenvalue weighted by molar-refractivity contribution is 7.40. The predicted molar refractivity (Wildman–Crippen MR) is 90.4 cm³/mol. The molecule has 2 aromatic heterocycles. The summed E-state index contributed by atoms with van der Waals surface area (Å²) in [6.07, 6.45) is 1.47. The van der Waals surface area contributed by atoms with Gasteiger partial charge in [0.15, 0.2) is 0 Å². The molecule has 4 nitrogen and oxygen atoms in total. The highest BCUT2D eigenvalue weighted by Crippen LogP contribution is 2.42. The Balaban J connectivity index is 2.60. The summed E-state index contributed by atoms with van der Waals surface area (Å²) in [7, 11) is 0. The number of ether oxygens (including phenoxy) is 2. The number of rotatable bonds is 6. The molecule has 0 saturated heterocycles. The summed E-state index contributed by atoms with van der Waals surface area (Å²) >= 11 is 2.84. The lowest BCUT2D eigenvalue weighted by Gasteiger charge is -2.05. The fourth-order valence-corrected chi connectivity index (χ4v) is 5.24. The average Bonchev–Trinajstić information content (AvgIpc) is 3.02. The molecule has 0 bridgehead atoms. The average molecular weight is 340 g/mol. The second kappa shape index (κ2) is 7.24. The first-order valence-electron chi connectivity index (χ1n) is 7.50. The molecule has 0 N–H and O–H groups in total.